The van der Waals surface area contributed by atoms with Crippen LogP contribution in [0.5, 0.6) is 0 Å². The molecule has 0 radical (unpaired) electrons. The van der Waals surface area contributed by atoms with Crippen LogP contribution < -0.4 is 5.73 Å². The van der Waals surface area contributed by atoms with Gasteiger partial charge in [-0.1, -0.05) is 0 Å². The molecule has 70 valence electrons. The number of aryl methyl sites for hydroxylation is 1. The predicted octanol–water partition coefficient (Wildman–Crippen LogP) is 1.00. The minimum absolute atomic E-state index is 0.119. The van der Waals surface area contributed by atoms with Crippen LogP contribution in [0, 0.1) is 11.8 Å². The van der Waals surface area contributed by atoms with E-state index >= 15 is 0 Å². The predicted molar refractivity (Wildman–Crippen MR) is 49.9 cm³/mol. The third kappa shape index (κ3) is 0.967. The summed E-state index contributed by atoms with van der Waals surface area (Å²) < 4.78 is 2.06. The molecular weight excluding hydrogens is 162 g/mol. The number of fused-ring (bicyclic) bond motifs is 1. The quantitative estimate of drug-likeness (QED) is 0.695. The molecule has 2 aliphatic rings. The van der Waals surface area contributed by atoms with Gasteiger partial charge in [0.1, 0.15) is 5.82 Å². The van der Waals surface area contributed by atoms with Crippen molar-refractivity contribution in [1.29, 1.82) is 0 Å². The van der Waals surface area contributed by atoms with Gasteiger partial charge in [0.25, 0.3) is 0 Å². The lowest BCUT2D eigenvalue weighted by atomic mass is 9.93. The molecule has 0 spiro atoms. The SMILES string of the molecule is Cn1ccnc1C1(N)CC2CC2C1. The largest absolute Gasteiger partial charge is 0.336 e. The van der Waals surface area contributed by atoms with Crippen molar-refractivity contribution in [3.05, 3.63) is 18.2 Å². The number of nitrogens with two attached hydrogens (primary N) is 1. The average molecular weight is 177 g/mol. The van der Waals surface area contributed by atoms with Crippen LogP contribution in [-0.4, -0.2) is 9.55 Å². The average Bonchev–Trinajstić information content (AvgIpc) is 2.54. The Labute approximate surface area is 78.0 Å². The Kier molecular flexibility index (Phi) is 1.25. The van der Waals surface area contributed by atoms with E-state index in [4.69, 9.17) is 5.73 Å². The van der Waals surface area contributed by atoms with E-state index in [1.54, 1.807) is 0 Å². The Balaban J connectivity index is 1.96. The van der Waals surface area contributed by atoms with E-state index in [9.17, 15) is 0 Å². The highest BCUT2D eigenvalue weighted by molar-refractivity contribution is 5.16. The molecule has 1 aromatic rings. The highest BCUT2D eigenvalue weighted by Crippen LogP contribution is 2.57. The van der Waals surface area contributed by atoms with Gasteiger partial charge in [-0.15, -0.1) is 0 Å². The van der Waals surface area contributed by atoms with Crippen molar-refractivity contribution in [1.82, 2.24) is 9.55 Å². The molecule has 1 heterocycles. The van der Waals surface area contributed by atoms with E-state index < -0.39 is 0 Å². The van der Waals surface area contributed by atoms with E-state index in [0.717, 1.165) is 30.5 Å². The van der Waals surface area contributed by atoms with Crippen LogP contribution in [-0.2, 0) is 12.6 Å². The minimum Gasteiger partial charge on any atom is -0.336 e. The second-order valence-electron chi connectivity index (χ2n) is 4.68. The van der Waals surface area contributed by atoms with Crippen molar-refractivity contribution >= 4 is 0 Å². The van der Waals surface area contributed by atoms with Gasteiger partial charge in [-0.3, -0.25) is 0 Å². The number of nitrogens with zero attached hydrogens (tertiary/aromatic N) is 2. The van der Waals surface area contributed by atoms with Gasteiger partial charge >= 0.3 is 0 Å². The van der Waals surface area contributed by atoms with E-state index in [1.165, 1.54) is 6.42 Å². The molecule has 2 aliphatic carbocycles. The van der Waals surface area contributed by atoms with Gasteiger partial charge in [0.05, 0.1) is 5.54 Å². The zero-order valence-corrected chi connectivity index (χ0v) is 7.90. The van der Waals surface area contributed by atoms with Crippen LogP contribution in [0.1, 0.15) is 25.1 Å². The number of hydrogen-bond acceptors (Lipinski definition) is 2. The summed E-state index contributed by atoms with van der Waals surface area (Å²) in [5.41, 5.74) is 6.24. The lowest BCUT2D eigenvalue weighted by molar-refractivity contribution is 0.376. The molecule has 2 fully saturated rings. The maximum absolute atomic E-state index is 6.36. The van der Waals surface area contributed by atoms with Crippen LogP contribution >= 0.6 is 0 Å². The van der Waals surface area contributed by atoms with Gasteiger partial charge in [-0.05, 0) is 31.1 Å². The van der Waals surface area contributed by atoms with Gasteiger partial charge in [0.15, 0.2) is 0 Å². The van der Waals surface area contributed by atoms with Gasteiger partial charge in [-0.25, -0.2) is 4.98 Å². The van der Waals surface area contributed by atoms with Crippen LogP contribution in [0.15, 0.2) is 12.4 Å². The first-order valence-corrected chi connectivity index (χ1v) is 4.96. The molecule has 13 heavy (non-hydrogen) atoms. The van der Waals surface area contributed by atoms with E-state index in [2.05, 4.69) is 9.55 Å². The van der Waals surface area contributed by atoms with Gasteiger partial charge in [0, 0.05) is 19.4 Å². The van der Waals surface area contributed by atoms with Crippen molar-refractivity contribution in [2.75, 3.05) is 0 Å². The summed E-state index contributed by atoms with van der Waals surface area (Å²) in [7, 11) is 2.03. The smallest absolute Gasteiger partial charge is 0.128 e. The summed E-state index contributed by atoms with van der Waals surface area (Å²) in [4.78, 5) is 4.36. The molecule has 0 aromatic carbocycles. The highest BCUT2D eigenvalue weighted by Gasteiger charge is 2.54. The Bertz CT molecular complexity index is 332. The molecule has 2 N–H and O–H groups in total. The highest BCUT2D eigenvalue weighted by atomic mass is 15.1. The molecule has 3 nitrogen and oxygen atoms in total. The van der Waals surface area contributed by atoms with Crippen molar-refractivity contribution in [3.63, 3.8) is 0 Å². The fourth-order valence-electron chi connectivity index (χ4n) is 2.86. The van der Waals surface area contributed by atoms with Crippen molar-refractivity contribution in [3.8, 4) is 0 Å². The third-order valence-corrected chi connectivity index (χ3v) is 3.59. The zero-order chi connectivity index (χ0) is 9.05. The topological polar surface area (TPSA) is 43.8 Å². The van der Waals surface area contributed by atoms with E-state index in [-0.39, 0.29) is 5.54 Å². The lowest BCUT2D eigenvalue weighted by Crippen LogP contribution is -2.37. The summed E-state index contributed by atoms with van der Waals surface area (Å²) in [6.07, 6.45) is 7.51. The molecular formula is C10H15N3. The normalized spacial score (nSPS) is 42.0. The van der Waals surface area contributed by atoms with Crippen molar-refractivity contribution in [2.24, 2.45) is 24.6 Å². The molecule has 3 rings (SSSR count). The Morgan fingerprint density at radius 1 is 1.54 bits per heavy atom. The Morgan fingerprint density at radius 3 is 2.77 bits per heavy atom. The van der Waals surface area contributed by atoms with Gasteiger partial charge in [-0.2, -0.15) is 0 Å². The molecule has 2 atom stereocenters. The molecule has 3 heteroatoms. The maximum Gasteiger partial charge on any atom is 0.128 e. The minimum atomic E-state index is -0.119. The molecule has 2 unspecified atom stereocenters. The van der Waals surface area contributed by atoms with Crippen molar-refractivity contribution in [2.45, 2.75) is 24.8 Å². The fourth-order valence-corrected chi connectivity index (χ4v) is 2.86. The molecule has 0 amide bonds. The Hall–Kier alpha value is -0.830. The van der Waals surface area contributed by atoms with Gasteiger partial charge in [0.2, 0.25) is 0 Å². The van der Waals surface area contributed by atoms with E-state index in [0.29, 0.717) is 0 Å². The number of hydrogen-bond donors (Lipinski definition) is 1. The first-order chi connectivity index (χ1) is 6.19. The van der Waals surface area contributed by atoms with Crippen LogP contribution in [0.4, 0.5) is 0 Å². The summed E-state index contributed by atoms with van der Waals surface area (Å²) in [5.74, 6) is 2.88. The van der Waals surface area contributed by atoms with Crippen LogP contribution in [0.2, 0.25) is 0 Å². The number of rotatable bonds is 1. The second-order valence-corrected chi connectivity index (χ2v) is 4.68. The van der Waals surface area contributed by atoms with Crippen molar-refractivity contribution < 1.29 is 0 Å². The zero-order valence-electron chi connectivity index (χ0n) is 7.90. The Morgan fingerprint density at radius 2 is 2.23 bits per heavy atom. The molecule has 0 saturated heterocycles. The van der Waals surface area contributed by atoms with Crippen LogP contribution in [0.25, 0.3) is 0 Å². The van der Waals surface area contributed by atoms with Gasteiger partial charge < -0.3 is 10.3 Å². The molecule has 0 aliphatic heterocycles. The standard InChI is InChI=1S/C10H15N3/c1-13-3-2-12-9(13)10(11)5-7-4-8(7)6-10/h2-3,7-8H,4-6,11H2,1H3. The second kappa shape index (κ2) is 2.15. The van der Waals surface area contributed by atoms with Crippen LogP contribution in [0.3, 0.4) is 0 Å². The first-order valence-electron chi connectivity index (χ1n) is 4.96. The summed E-state index contributed by atoms with van der Waals surface area (Å²) in [6, 6.07) is 0. The lowest BCUT2D eigenvalue weighted by Gasteiger charge is -2.24. The monoisotopic (exact) mass is 177 g/mol. The first kappa shape index (κ1) is 7.56. The summed E-state index contributed by atoms with van der Waals surface area (Å²) >= 11 is 0. The summed E-state index contributed by atoms with van der Waals surface area (Å²) in [5, 5.41) is 0. The molecule has 0 bridgehead atoms. The summed E-state index contributed by atoms with van der Waals surface area (Å²) in [6.45, 7) is 0. The molecule has 1 aromatic heterocycles. The number of aromatic nitrogens is 2. The fraction of sp³-hybridized carbons (Fsp3) is 0.700. The third-order valence-electron chi connectivity index (χ3n) is 3.59. The van der Waals surface area contributed by atoms with E-state index in [1.807, 2.05) is 19.4 Å². The maximum atomic E-state index is 6.36. The molecule has 2 saturated carbocycles. The number of imidazole rings is 1.